The Kier molecular flexibility index (Phi) is 5.31. The van der Waals surface area contributed by atoms with Crippen LogP contribution in [-0.2, 0) is 11.3 Å². The normalized spacial score (nSPS) is 10.1. The molecule has 0 fully saturated rings. The third kappa shape index (κ3) is 4.19. The zero-order valence-corrected chi connectivity index (χ0v) is 12.8. The largest absolute Gasteiger partial charge is 0.484 e. The van der Waals surface area contributed by atoms with E-state index in [0.29, 0.717) is 17.9 Å². The summed E-state index contributed by atoms with van der Waals surface area (Å²) in [6.45, 7) is 2.56. The molecular weight excluding hydrogens is 278 g/mol. The van der Waals surface area contributed by atoms with Gasteiger partial charge in [-0.1, -0.05) is 24.3 Å². The van der Waals surface area contributed by atoms with Gasteiger partial charge >= 0.3 is 0 Å². The summed E-state index contributed by atoms with van der Waals surface area (Å²) in [6, 6.07) is 14.7. The van der Waals surface area contributed by atoms with Crippen LogP contribution in [0.15, 0.2) is 48.5 Å². The first-order chi connectivity index (χ1) is 10.6. The fourth-order valence-electron chi connectivity index (χ4n) is 2.03. The number of hydrogen-bond acceptors (Lipinski definition) is 3. The van der Waals surface area contributed by atoms with Crippen molar-refractivity contribution < 1.29 is 14.3 Å². The monoisotopic (exact) mass is 297 g/mol. The molecule has 1 amide bonds. The van der Waals surface area contributed by atoms with Gasteiger partial charge in [-0.3, -0.25) is 9.59 Å². The van der Waals surface area contributed by atoms with Crippen molar-refractivity contribution in [2.24, 2.45) is 0 Å². The maximum atomic E-state index is 12.1. The standard InChI is InChI=1S/C18H19NO3/c1-14-5-3-4-6-16(14)11-19(2)18(21)13-22-17-9-7-15(12-20)8-10-17/h3-10,12H,11,13H2,1-2H3. The molecule has 2 aromatic carbocycles. The molecule has 0 aliphatic heterocycles. The lowest BCUT2D eigenvalue weighted by molar-refractivity contribution is -0.132. The number of ether oxygens (including phenoxy) is 1. The zero-order chi connectivity index (χ0) is 15.9. The fourth-order valence-corrected chi connectivity index (χ4v) is 2.03. The van der Waals surface area contributed by atoms with Gasteiger partial charge in [-0.05, 0) is 42.3 Å². The van der Waals surface area contributed by atoms with Crippen LogP contribution in [0.1, 0.15) is 21.5 Å². The molecule has 2 aromatic rings. The topological polar surface area (TPSA) is 46.6 Å². The number of nitrogens with zero attached hydrogens (tertiary/aromatic N) is 1. The highest BCUT2D eigenvalue weighted by Gasteiger charge is 2.11. The molecule has 0 aliphatic carbocycles. The molecule has 0 aromatic heterocycles. The molecule has 22 heavy (non-hydrogen) atoms. The smallest absolute Gasteiger partial charge is 0.260 e. The highest BCUT2D eigenvalue weighted by atomic mass is 16.5. The van der Waals surface area contributed by atoms with E-state index in [1.165, 1.54) is 0 Å². The van der Waals surface area contributed by atoms with Gasteiger partial charge in [0, 0.05) is 19.2 Å². The summed E-state index contributed by atoms with van der Waals surface area (Å²) in [5.74, 6) is 0.478. The lowest BCUT2D eigenvalue weighted by Crippen LogP contribution is -2.31. The average Bonchev–Trinajstić information content (AvgIpc) is 2.55. The van der Waals surface area contributed by atoms with Gasteiger partial charge in [0.15, 0.2) is 6.61 Å². The second-order valence-electron chi connectivity index (χ2n) is 5.15. The summed E-state index contributed by atoms with van der Waals surface area (Å²) in [5.41, 5.74) is 2.86. The predicted molar refractivity (Wildman–Crippen MR) is 85.0 cm³/mol. The van der Waals surface area contributed by atoms with Gasteiger partial charge in [-0.25, -0.2) is 0 Å². The summed E-state index contributed by atoms with van der Waals surface area (Å²) < 4.78 is 5.45. The molecule has 0 N–H and O–H groups in total. The minimum Gasteiger partial charge on any atom is -0.484 e. The van der Waals surface area contributed by atoms with Crippen molar-refractivity contribution in [2.45, 2.75) is 13.5 Å². The number of hydrogen-bond donors (Lipinski definition) is 0. The number of aldehydes is 1. The maximum Gasteiger partial charge on any atom is 0.260 e. The molecule has 0 heterocycles. The van der Waals surface area contributed by atoms with Gasteiger partial charge in [0.1, 0.15) is 12.0 Å². The molecule has 0 radical (unpaired) electrons. The Morgan fingerprint density at radius 2 is 1.82 bits per heavy atom. The van der Waals surface area contributed by atoms with Gasteiger partial charge in [-0.2, -0.15) is 0 Å². The predicted octanol–water partition coefficient (Wildman–Crippen LogP) is 2.84. The SMILES string of the molecule is Cc1ccccc1CN(C)C(=O)COc1ccc(C=O)cc1. The maximum absolute atomic E-state index is 12.1. The zero-order valence-electron chi connectivity index (χ0n) is 12.8. The van der Waals surface area contributed by atoms with Gasteiger partial charge < -0.3 is 9.64 Å². The molecule has 4 heteroatoms. The van der Waals surface area contributed by atoms with Crippen molar-refractivity contribution in [3.63, 3.8) is 0 Å². The Morgan fingerprint density at radius 1 is 1.14 bits per heavy atom. The van der Waals surface area contributed by atoms with Crippen LogP contribution in [0.2, 0.25) is 0 Å². The van der Waals surface area contributed by atoms with Crippen LogP contribution in [-0.4, -0.2) is 30.7 Å². The van der Waals surface area contributed by atoms with E-state index in [2.05, 4.69) is 0 Å². The highest BCUT2D eigenvalue weighted by Crippen LogP contribution is 2.12. The number of benzene rings is 2. The van der Waals surface area contributed by atoms with E-state index in [0.717, 1.165) is 17.4 Å². The number of aryl methyl sites for hydroxylation is 1. The number of rotatable bonds is 6. The van der Waals surface area contributed by atoms with Crippen molar-refractivity contribution in [3.8, 4) is 5.75 Å². The van der Waals surface area contributed by atoms with Gasteiger partial charge in [-0.15, -0.1) is 0 Å². The van der Waals surface area contributed by atoms with Crippen molar-refractivity contribution >= 4 is 12.2 Å². The molecule has 4 nitrogen and oxygen atoms in total. The lowest BCUT2D eigenvalue weighted by Gasteiger charge is -2.18. The van der Waals surface area contributed by atoms with Gasteiger partial charge in [0.2, 0.25) is 0 Å². The first-order valence-corrected chi connectivity index (χ1v) is 7.06. The van der Waals surface area contributed by atoms with E-state index in [1.807, 2.05) is 31.2 Å². The number of likely N-dealkylation sites (N-methyl/N-ethyl adjacent to an activating group) is 1. The van der Waals surface area contributed by atoms with Crippen molar-refractivity contribution in [1.29, 1.82) is 0 Å². The van der Waals surface area contributed by atoms with Crippen LogP contribution >= 0.6 is 0 Å². The van der Waals surface area contributed by atoms with Crippen LogP contribution in [0.3, 0.4) is 0 Å². The van der Waals surface area contributed by atoms with E-state index in [-0.39, 0.29) is 12.5 Å². The third-order valence-corrected chi connectivity index (χ3v) is 3.47. The molecule has 0 unspecified atom stereocenters. The summed E-state index contributed by atoms with van der Waals surface area (Å²) in [7, 11) is 1.76. The Hall–Kier alpha value is -2.62. The lowest BCUT2D eigenvalue weighted by atomic mass is 10.1. The van der Waals surface area contributed by atoms with Gasteiger partial charge in [0.25, 0.3) is 5.91 Å². The Balaban J connectivity index is 1.88. The molecule has 0 saturated carbocycles. The fraction of sp³-hybridized carbons (Fsp3) is 0.222. The Labute approximate surface area is 130 Å². The van der Waals surface area contributed by atoms with Crippen LogP contribution in [0.5, 0.6) is 5.75 Å². The molecule has 0 atom stereocenters. The van der Waals surface area contributed by atoms with Crippen LogP contribution in [0.4, 0.5) is 0 Å². The number of amides is 1. The summed E-state index contributed by atoms with van der Waals surface area (Å²) in [5, 5.41) is 0. The van der Waals surface area contributed by atoms with Crippen LogP contribution in [0, 0.1) is 6.92 Å². The molecular formula is C18H19NO3. The van der Waals surface area contributed by atoms with Gasteiger partial charge in [0.05, 0.1) is 0 Å². The summed E-state index contributed by atoms with van der Waals surface area (Å²) in [6.07, 6.45) is 0.769. The molecule has 0 saturated heterocycles. The number of carbonyl (C=O) groups excluding carboxylic acids is 2. The van der Waals surface area contributed by atoms with Crippen LogP contribution < -0.4 is 4.74 Å². The van der Waals surface area contributed by atoms with Crippen LogP contribution in [0.25, 0.3) is 0 Å². The molecule has 0 spiro atoms. The molecule has 114 valence electrons. The minimum absolute atomic E-state index is 0.0250. The first kappa shape index (κ1) is 15.8. The molecule has 0 bridgehead atoms. The summed E-state index contributed by atoms with van der Waals surface area (Å²) >= 11 is 0. The molecule has 0 aliphatic rings. The van der Waals surface area contributed by atoms with E-state index in [4.69, 9.17) is 4.74 Å². The quantitative estimate of drug-likeness (QED) is 0.770. The van der Waals surface area contributed by atoms with E-state index < -0.39 is 0 Å². The first-order valence-electron chi connectivity index (χ1n) is 7.06. The minimum atomic E-state index is -0.0947. The Morgan fingerprint density at radius 3 is 2.45 bits per heavy atom. The van der Waals surface area contributed by atoms with Crippen molar-refractivity contribution in [2.75, 3.05) is 13.7 Å². The third-order valence-electron chi connectivity index (χ3n) is 3.47. The van der Waals surface area contributed by atoms with Crippen molar-refractivity contribution in [3.05, 3.63) is 65.2 Å². The van der Waals surface area contributed by atoms with E-state index in [1.54, 1.807) is 36.2 Å². The van der Waals surface area contributed by atoms with Crippen molar-refractivity contribution in [1.82, 2.24) is 4.90 Å². The summed E-state index contributed by atoms with van der Waals surface area (Å²) in [4.78, 5) is 24.3. The number of carbonyl (C=O) groups is 2. The average molecular weight is 297 g/mol. The highest BCUT2D eigenvalue weighted by molar-refractivity contribution is 5.77. The second-order valence-corrected chi connectivity index (χ2v) is 5.15. The molecule has 2 rings (SSSR count). The van der Waals surface area contributed by atoms with E-state index >= 15 is 0 Å². The Bertz CT molecular complexity index is 650. The van der Waals surface area contributed by atoms with E-state index in [9.17, 15) is 9.59 Å². The second kappa shape index (κ2) is 7.41.